The number of nitrogens with one attached hydrogen (secondary N) is 1. The van der Waals surface area contributed by atoms with Crippen molar-refractivity contribution in [2.75, 3.05) is 38.1 Å². The van der Waals surface area contributed by atoms with Crippen LogP contribution in [0.1, 0.15) is 50.4 Å². The standard InChI is InChI=1S/C31H31F3N4O3/c1-20(22-5-7-23(8-6-22)30(40)41)35-29(39)27-18-26(37-15-13-36(2)14-16-37)17-24-11-12-38(28(24)27)19-21-3-9-25(10-4-21)31(32,33)34/h3-12,17-18,20H,13-16,19H2,1-2H3,(H,35,39)(H,40,41)/t20-/m0/s1. The van der Waals surface area contributed by atoms with Crippen LogP contribution in [0.2, 0.25) is 0 Å². The number of carbonyl (C=O) groups excluding carboxylic acids is 1. The Bertz CT molecular complexity index is 1550. The number of carbonyl (C=O) groups is 2. The van der Waals surface area contributed by atoms with Crippen LogP contribution in [-0.4, -0.2) is 59.7 Å². The van der Waals surface area contributed by atoms with E-state index in [1.165, 1.54) is 24.3 Å². The highest BCUT2D eigenvalue weighted by Gasteiger charge is 2.30. The first kappa shape index (κ1) is 28.2. The molecule has 0 bridgehead atoms. The molecule has 0 aliphatic carbocycles. The third-order valence-corrected chi connectivity index (χ3v) is 7.60. The fraction of sp³-hybridized carbons (Fsp3) is 0.290. The van der Waals surface area contributed by atoms with Gasteiger partial charge in [0.05, 0.1) is 28.2 Å². The Morgan fingerprint density at radius 1 is 0.951 bits per heavy atom. The molecule has 2 heterocycles. The number of halogens is 3. The molecule has 0 radical (unpaired) electrons. The maximum absolute atomic E-state index is 13.8. The van der Waals surface area contributed by atoms with Gasteiger partial charge in [0.15, 0.2) is 0 Å². The number of aromatic carboxylic acids is 1. The molecule has 1 fully saturated rings. The summed E-state index contributed by atoms with van der Waals surface area (Å²) in [6.07, 6.45) is -2.56. The van der Waals surface area contributed by atoms with Gasteiger partial charge in [0.1, 0.15) is 0 Å². The van der Waals surface area contributed by atoms with Crippen molar-refractivity contribution >= 4 is 28.5 Å². The molecule has 1 atom stereocenters. The summed E-state index contributed by atoms with van der Waals surface area (Å²) < 4.78 is 41.1. The van der Waals surface area contributed by atoms with E-state index in [2.05, 4.69) is 28.2 Å². The largest absolute Gasteiger partial charge is 0.478 e. The summed E-state index contributed by atoms with van der Waals surface area (Å²) in [7, 11) is 2.07. The topological polar surface area (TPSA) is 77.8 Å². The molecule has 3 aromatic carbocycles. The normalized spacial score (nSPS) is 15.2. The van der Waals surface area contributed by atoms with Crippen LogP contribution in [0.5, 0.6) is 0 Å². The van der Waals surface area contributed by atoms with Crippen molar-refractivity contribution in [2.24, 2.45) is 0 Å². The number of fused-ring (bicyclic) bond motifs is 1. The van der Waals surface area contributed by atoms with E-state index in [1.807, 2.05) is 29.8 Å². The molecule has 2 N–H and O–H groups in total. The first-order chi connectivity index (χ1) is 19.5. The van der Waals surface area contributed by atoms with Gasteiger partial charge >= 0.3 is 12.1 Å². The van der Waals surface area contributed by atoms with Crippen molar-refractivity contribution in [1.82, 2.24) is 14.8 Å². The molecule has 5 rings (SSSR count). The Morgan fingerprint density at radius 3 is 2.22 bits per heavy atom. The summed E-state index contributed by atoms with van der Waals surface area (Å²) in [5, 5.41) is 13.1. The first-order valence-corrected chi connectivity index (χ1v) is 13.4. The molecule has 41 heavy (non-hydrogen) atoms. The smallest absolute Gasteiger partial charge is 0.416 e. The zero-order valence-corrected chi connectivity index (χ0v) is 22.8. The number of benzene rings is 3. The molecule has 1 amide bonds. The van der Waals surface area contributed by atoms with Gasteiger partial charge < -0.3 is 24.8 Å². The molecule has 4 aromatic rings. The Labute approximate surface area is 235 Å². The minimum Gasteiger partial charge on any atom is -0.478 e. The average molecular weight is 565 g/mol. The number of hydrogen-bond donors (Lipinski definition) is 2. The van der Waals surface area contributed by atoms with E-state index < -0.39 is 23.8 Å². The maximum atomic E-state index is 13.8. The van der Waals surface area contributed by atoms with Crippen molar-refractivity contribution in [1.29, 1.82) is 0 Å². The number of nitrogens with zero attached hydrogens (tertiary/aromatic N) is 3. The van der Waals surface area contributed by atoms with Crippen molar-refractivity contribution in [3.8, 4) is 0 Å². The van der Waals surface area contributed by atoms with Gasteiger partial charge in [-0.15, -0.1) is 0 Å². The van der Waals surface area contributed by atoms with Crippen molar-refractivity contribution < 1.29 is 27.9 Å². The van der Waals surface area contributed by atoms with Gasteiger partial charge in [-0.2, -0.15) is 13.2 Å². The lowest BCUT2D eigenvalue weighted by atomic mass is 10.0. The van der Waals surface area contributed by atoms with Crippen molar-refractivity contribution in [3.05, 3.63) is 101 Å². The second-order valence-corrected chi connectivity index (χ2v) is 10.5. The van der Waals surface area contributed by atoms with Gasteiger partial charge in [0.25, 0.3) is 5.91 Å². The predicted octanol–water partition coefficient (Wildman–Crippen LogP) is 5.65. The van der Waals surface area contributed by atoms with Gasteiger partial charge in [-0.1, -0.05) is 24.3 Å². The van der Waals surface area contributed by atoms with Crippen LogP contribution in [0.4, 0.5) is 18.9 Å². The van der Waals surface area contributed by atoms with Gasteiger partial charge in [-0.3, -0.25) is 4.79 Å². The lowest BCUT2D eigenvalue weighted by Crippen LogP contribution is -2.44. The van der Waals surface area contributed by atoms with Gasteiger partial charge in [0, 0.05) is 50.0 Å². The minimum absolute atomic E-state index is 0.162. The molecule has 10 heteroatoms. The molecule has 0 saturated carbocycles. The third-order valence-electron chi connectivity index (χ3n) is 7.60. The SMILES string of the molecule is C[C@H](NC(=O)c1cc(N2CCN(C)CC2)cc2ccn(Cc3ccc(C(F)(F)F)cc3)c12)c1ccc(C(=O)O)cc1. The molecule has 214 valence electrons. The number of piperazine rings is 1. The Kier molecular flexibility index (Phi) is 7.77. The summed E-state index contributed by atoms with van der Waals surface area (Å²) in [6.45, 7) is 5.57. The van der Waals surface area contributed by atoms with Crippen LogP contribution in [-0.2, 0) is 12.7 Å². The quantitative estimate of drug-likeness (QED) is 0.304. The summed E-state index contributed by atoms with van der Waals surface area (Å²) in [6, 6.07) is 16.9. The molecule has 1 aliphatic heterocycles. The van der Waals surface area contributed by atoms with Crippen LogP contribution < -0.4 is 10.2 Å². The number of likely N-dealkylation sites (N-methyl/N-ethyl adjacent to an activating group) is 1. The number of aromatic nitrogens is 1. The van der Waals surface area contributed by atoms with Gasteiger partial charge in [-0.05, 0) is 67.6 Å². The van der Waals surface area contributed by atoms with Crippen molar-refractivity contribution in [3.63, 3.8) is 0 Å². The first-order valence-electron chi connectivity index (χ1n) is 13.4. The number of alkyl halides is 3. The molecular weight excluding hydrogens is 533 g/mol. The number of anilines is 1. The number of rotatable bonds is 7. The second kappa shape index (κ2) is 11.3. The highest BCUT2D eigenvalue weighted by Crippen LogP contribution is 2.31. The predicted molar refractivity (Wildman–Crippen MR) is 151 cm³/mol. The number of carboxylic acid groups (broad SMARTS) is 1. The van der Waals surface area contributed by atoms with E-state index in [0.717, 1.165) is 54.9 Å². The minimum atomic E-state index is -4.41. The van der Waals surface area contributed by atoms with Crippen molar-refractivity contribution in [2.45, 2.75) is 25.7 Å². The summed E-state index contributed by atoms with van der Waals surface area (Å²) in [4.78, 5) is 29.5. The monoisotopic (exact) mass is 564 g/mol. The Morgan fingerprint density at radius 2 is 1.61 bits per heavy atom. The lowest BCUT2D eigenvalue weighted by Gasteiger charge is -2.34. The maximum Gasteiger partial charge on any atom is 0.416 e. The van der Waals surface area contributed by atoms with E-state index in [4.69, 9.17) is 0 Å². The van der Waals surface area contributed by atoms with Crippen LogP contribution in [0.15, 0.2) is 72.9 Å². The van der Waals surface area contributed by atoms with E-state index in [0.29, 0.717) is 23.2 Å². The summed E-state index contributed by atoms with van der Waals surface area (Å²) in [5.41, 5.74) is 2.97. The van der Waals surface area contributed by atoms with E-state index in [-0.39, 0.29) is 11.5 Å². The Hall–Kier alpha value is -4.31. The lowest BCUT2D eigenvalue weighted by molar-refractivity contribution is -0.137. The van der Waals surface area contributed by atoms with E-state index in [1.54, 1.807) is 12.1 Å². The van der Waals surface area contributed by atoms with E-state index >= 15 is 0 Å². The van der Waals surface area contributed by atoms with Gasteiger partial charge in [0.2, 0.25) is 0 Å². The molecule has 1 aliphatic rings. The highest BCUT2D eigenvalue weighted by molar-refractivity contribution is 6.07. The van der Waals surface area contributed by atoms with Crippen LogP contribution in [0.3, 0.4) is 0 Å². The van der Waals surface area contributed by atoms with E-state index in [9.17, 15) is 27.9 Å². The molecule has 0 spiro atoms. The molecular formula is C31H31F3N4O3. The van der Waals surface area contributed by atoms with Crippen LogP contribution in [0, 0.1) is 0 Å². The summed E-state index contributed by atoms with van der Waals surface area (Å²) >= 11 is 0. The van der Waals surface area contributed by atoms with Gasteiger partial charge in [-0.25, -0.2) is 4.79 Å². The molecule has 0 unspecified atom stereocenters. The number of carboxylic acids is 1. The second-order valence-electron chi connectivity index (χ2n) is 10.5. The fourth-order valence-corrected chi connectivity index (χ4v) is 5.15. The van der Waals surface area contributed by atoms with Crippen LogP contribution in [0.25, 0.3) is 10.9 Å². The zero-order chi connectivity index (χ0) is 29.3. The average Bonchev–Trinajstić information content (AvgIpc) is 3.35. The fourth-order valence-electron chi connectivity index (χ4n) is 5.15. The molecule has 1 saturated heterocycles. The third kappa shape index (κ3) is 6.22. The number of amides is 1. The zero-order valence-electron chi connectivity index (χ0n) is 22.8. The van der Waals surface area contributed by atoms with Crippen LogP contribution >= 0.6 is 0 Å². The molecule has 1 aromatic heterocycles. The Balaban J connectivity index is 1.48. The number of hydrogen-bond acceptors (Lipinski definition) is 4. The highest BCUT2D eigenvalue weighted by atomic mass is 19.4. The molecule has 7 nitrogen and oxygen atoms in total. The summed E-state index contributed by atoms with van der Waals surface area (Å²) in [5.74, 6) is -1.32.